The van der Waals surface area contributed by atoms with Crippen LogP contribution in [0, 0.1) is 6.92 Å². The molecule has 0 aliphatic rings. The summed E-state index contributed by atoms with van der Waals surface area (Å²) in [6, 6.07) is 23.0. The topological polar surface area (TPSA) is 44.1 Å². The van der Waals surface area contributed by atoms with Gasteiger partial charge in [-0.1, -0.05) is 48.0 Å². The number of methoxy groups -OCH3 is 1. The summed E-state index contributed by atoms with van der Waals surface area (Å²) >= 11 is 0. The summed E-state index contributed by atoms with van der Waals surface area (Å²) in [4.78, 5) is 17.9. The number of ether oxygens (including phenoxy) is 1. The maximum atomic E-state index is 13.2. The van der Waals surface area contributed by atoms with Crippen molar-refractivity contribution >= 4 is 23.1 Å². The molecule has 0 spiro atoms. The highest BCUT2D eigenvalue weighted by molar-refractivity contribution is 5.80. The van der Waals surface area contributed by atoms with Crippen LogP contribution in [0.3, 0.4) is 0 Å². The predicted octanol–water partition coefficient (Wildman–Crippen LogP) is 4.87. The lowest BCUT2D eigenvalue weighted by molar-refractivity contribution is 0.415. The second kappa shape index (κ2) is 7.53. The fourth-order valence-electron chi connectivity index (χ4n) is 3.09. The van der Waals surface area contributed by atoms with Crippen molar-refractivity contribution in [2.45, 2.75) is 6.92 Å². The van der Waals surface area contributed by atoms with Gasteiger partial charge >= 0.3 is 0 Å². The van der Waals surface area contributed by atoms with Crippen LogP contribution in [-0.4, -0.2) is 16.7 Å². The van der Waals surface area contributed by atoms with Gasteiger partial charge in [-0.2, -0.15) is 0 Å². The number of hydrogen-bond acceptors (Lipinski definition) is 3. The second-order valence-electron chi connectivity index (χ2n) is 6.57. The molecule has 4 nitrogen and oxygen atoms in total. The first-order valence-corrected chi connectivity index (χ1v) is 9.07. The van der Waals surface area contributed by atoms with E-state index < -0.39 is 0 Å². The van der Waals surface area contributed by atoms with E-state index in [2.05, 4.69) is 0 Å². The van der Waals surface area contributed by atoms with Crippen molar-refractivity contribution in [1.29, 1.82) is 0 Å². The average Bonchev–Trinajstić information content (AvgIpc) is 2.74. The summed E-state index contributed by atoms with van der Waals surface area (Å²) in [5, 5.41) is 0.602. The SMILES string of the molecule is COc1ccc(C=Cc2nc3ccccc3c(=O)n2-c2ccc(C)cc2)cc1. The zero-order valence-electron chi connectivity index (χ0n) is 15.8. The van der Waals surface area contributed by atoms with Gasteiger partial charge in [0, 0.05) is 0 Å². The van der Waals surface area contributed by atoms with Gasteiger partial charge in [-0.3, -0.25) is 9.36 Å². The Morgan fingerprint density at radius 1 is 0.893 bits per heavy atom. The van der Waals surface area contributed by atoms with Crippen LogP contribution < -0.4 is 10.3 Å². The van der Waals surface area contributed by atoms with Gasteiger partial charge in [-0.05, 0) is 55.0 Å². The van der Waals surface area contributed by atoms with Gasteiger partial charge in [0.05, 0.1) is 23.7 Å². The van der Waals surface area contributed by atoms with Crippen LogP contribution >= 0.6 is 0 Å². The zero-order valence-corrected chi connectivity index (χ0v) is 15.8. The molecular weight excluding hydrogens is 348 g/mol. The highest BCUT2D eigenvalue weighted by Crippen LogP contribution is 2.17. The Morgan fingerprint density at radius 2 is 1.61 bits per heavy atom. The van der Waals surface area contributed by atoms with E-state index in [1.54, 1.807) is 11.7 Å². The van der Waals surface area contributed by atoms with E-state index in [9.17, 15) is 4.79 Å². The summed E-state index contributed by atoms with van der Waals surface area (Å²) in [6.45, 7) is 2.02. The van der Waals surface area contributed by atoms with Gasteiger partial charge in [-0.15, -0.1) is 0 Å². The van der Waals surface area contributed by atoms with E-state index in [4.69, 9.17) is 9.72 Å². The van der Waals surface area contributed by atoms with Crippen LogP contribution in [0.15, 0.2) is 77.6 Å². The fraction of sp³-hybridized carbons (Fsp3) is 0.0833. The first-order chi connectivity index (χ1) is 13.7. The van der Waals surface area contributed by atoms with Crippen molar-refractivity contribution < 1.29 is 4.74 Å². The minimum atomic E-state index is -0.0798. The van der Waals surface area contributed by atoms with Crippen LogP contribution in [0.1, 0.15) is 17.0 Å². The summed E-state index contributed by atoms with van der Waals surface area (Å²) in [7, 11) is 1.64. The Labute approximate surface area is 163 Å². The molecule has 0 saturated heterocycles. The summed E-state index contributed by atoms with van der Waals surface area (Å²) in [5.41, 5.74) is 3.54. The van der Waals surface area contributed by atoms with E-state index in [0.717, 1.165) is 22.6 Å². The smallest absolute Gasteiger partial charge is 0.266 e. The standard InChI is InChI=1S/C24H20N2O2/c1-17-7-12-19(13-8-17)26-23(16-11-18-9-14-20(28-2)15-10-18)25-22-6-4-3-5-21(22)24(26)27/h3-16H,1-2H3. The molecular formula is C24H20N2O2. The molecule has 0 aliphatic carbocycles. The average molecular weight is 368 g/mol. The number of rotatable bonds is 4. The number of nitrogens with zero attached hydrogens (tertiary/aromatic N) is 2. The Kier molecular flexibility index (Phi) is 4.77. The van der Waals surface area contributed by atoms with E-state index in [-0.39, 0.29) is 5.56 Å². The molecule has 0 saturated carbocycles. The number of aryl methyl sites for hydroxylation is 1. The molecule has 4 aromatic rings. The zero-order chi connectivity index (χ0) is 19.5. The lowest BCUT2D eigenvalue weighted by Crippen LogP contribution is -2.22. The van der Waals surface area contributed by atoms with Gasteiger partial charge in [0.15, 0.2) is 0 Å². The van der Waals surface area contributed by atoms with E-state index in [1.807, 2.05) is 91.9 Å². The monoisotopic (exact) mass is 368 g/mol. The molecule has 1 heterocycles. The third-order valence-electron chi connectivity index (χ3n) is 4.63. The Hall–Kier alpha value is -3.66. The van der Waals surface area contributed by atoms with Crippen molar-refractivity contribution in [3.63, 3.8) is 0 Å². The van der Waals surface area contributed by atoms with Gasteiger partial charge in [0.1, 0.15) is 11.6 Å². The quantitative estimate of drug-likeness (QED) is 0.516. The van der Waals surface area contributed by atoms with Crippen LogP contribution in [0.25, 0.3) is 28.7 Å². The van der Waals surface area contributed by atoms with Crippen LogP contribution in [0.5, 0.6) is 5.75 Å². The van der Waals surface area contributed by atoms with E-state index in [1.165, 1.54) is 0 Å². The van der Waals surface area contributed by atoms with E-state index >= 15 is 0 Å². The van der Waals surface area contributed by atoms with Crippen molar-refractivity contribution in [3.8, 4) is 11.4 Å². The van der Waals surface area contributed by atoms with Gasteiger partial charge in [0.2, 0.25) is 0 Å². The predicted molar refractivity (Wildman–Crippen MR) is 114 cm³/mol. The minimum absolute atomic E-state index is 0.0798. The maximum Gasteiger partial charge on any atom is 0.266 e. The van der Waals surface area contributed by atoms with E-state index in [0.29, 0.717) is 16.7 Å². The summed E-state index contributed by atoms with van der Waals surface area (Å²) in [5.74, 6) is 1.39. The molecule has 1 aromatic heterocycles. The minimum Gasteiger partial charge on any atom is -0.497 e. The molecule has 0 radical (unpaired) electrons. The number of benzene rings is 3. The molecule has 4 rings (SSSR count). The molecule has 0 fully saturated rings. The van der Waals surface area contributed by atoms with Gasteiger partial charge in [0.25, 0.3) is 5.56 Å². The van der Waals surface area contributed by atoms with Crippen LogP contribution in [-0.2, 0) is 0 Å². The first-order valence-electron chi connectivity index (χ1n) is 9.07. The van der Waals surface area contributed by atoms with Crippen molar-refractivity contribution in [2.75, 3.05) is 7.11 Å². The highest BCUT2D eigenvalue weighted by Gasteiger charge is 2.10. The van der Waals surface area contributed by atoms with Crippen molar-refractivity contribution in [1.82, 2.24) is 9.55 Å². The number of aromatic nitrogens is 2. The normalized spacial score (nSPS) is 11.2. The number of fused-ring (bicyclic) bond motifs is 1. The Morgan fingerprint density at radius 3 is 2.32 bits per heavy atom. The summed E-state index contributed by atoms with van der Waals surface area (Å²) in [6.07, 6.45) is 3.82. The Bertz CT molecular complexity index is 1200. The molecule has 0 unspecified atom stereocenters. The van der Waals surface area contributed by atoms with Crippen LogP contribution in [0.2, 0.25) is 0 Å². The van der Waals surface area contributed by atoms with Crippen LogP contribution in [0.4, 0.5) is 0 Å². The fourth-order valence-corrected chi connectivity index (χ4v) is 3.09. The molecule has 138 valence electrons. The lowest BCUT2D eigenvalue weighted by Gasteiger charge is -2.11. The number of hydrogen-bond donors (Lipinski definition) is 0. The molecule has 0 aliphatic heterocycles. The largest absolute Gasteiger partial charge is 0.497 e. The molecule has 28 heavy (non-hydrogen) atoms. The Balaban J connectivity index is 1.87. The van der Waals surface area contributed by atoms with Crippen molar-refractivity contribution in [3.05, 3.63) is 100 Å². The second-order valence-corrected chi connectivity index (χ2v) is 6.57. The molecule has 0 atom stereocenters. The summed E-state index contributed by atoms with van der Waals surface area (Å²) < 4.78 is 6.86. The van der Waals surface area contributed by atoms with Crippen molar-refractivity contribution in [2.24, 2.45) is 0 Å². The maximum absolute atomic E-state index is 13.2. The molecule has 0 amide bonds. The molecule has 4 heteroatoms. The third-order valence-corrected chi connectivity index (χ3v) is 4.63. The van der Waals surface area contributed by atoms with Gasteiger partial charge in [-0.25, -0.2) is 4.98 Å². The van der Waals surface area contributed by atoms with Gasteiger partial charge < -0.3 is 4.74 Å². The molecule has 3 aromatic carbocycles. The number of para-hydroxylation sites is 1. The lowest BCUT2D eigenvalue weighted by atomic mass is 10.2. The first kappa shape index (κ1) is 17.7. The molecule has 0 N–H and O–H groups in total. The third kappa shape index (κ3) is 3.45. The highest BCUT2D eigenvalue weighted by atomic mass is 16.5. The molecule has 0 bridgehead atoms.